The molecule has 1 amide bonds. The van der Waals surface area contributed by atoms with Crippen LogP contribution in [0.3, 0.4) is 0 Å². The van der Waals surface area contributed by atoms with Gasteiger partial charge in [0.1, 0.15) is 5.75 Å². The van der Waals surface area contributed by atoms with Crippen molar-refractivity contribution in [2.45, 2.75) is 0 Å². The molecule has 1 aliphatic rings. The first-order valence-corrected chi connectivity index (χ1v) is 9.61. The predicted molar refractivity (Wildman–Crippen MR) is 114 cm³/mol. The van der Waals surface area contributed by atoms with Crippen molar-refractivity contribution in [1.29, 1.82) is 0 Å². The van der Waals surface area contributed by atoms with Crippen molar-refractivity contribution in [2.24, 2.45) is 0 Å². The quantitative estimate of drug-likeness (QED) is 0.740. The summed E-state index contributed by atoms with van der Waals surface area (Å²) in [6.45, 7) is 3.99. The molecule has 0 atom stereocenters. The number of piperazine rings is 1. The summed E-state index contributed by atoms with van der Waals surface area (Å²) in [7, 11) is 1.68. The second kappa shape index (κ2) is 8.31. The van der Waals surface area contributed by atoms with Crippen LogP contribution in [0.4, 0.5) is 11.4 Å². The average molecular weight is 375 g/mol. The highest BCUT2D eigenvalue weighted by atomic mass is 16.5. The molecule has 0 saturated carbocycles. The minimum atomic E-state index is 0.0354. The second-order valence-corrected chi connectivity index (χ2v) is 7.07. The largest absolute Gasteiger partial charge is 0.497 e. The number of nitrogens with zero attached hydrogens (tertiary/aromatic N) is 2. The lowest BCUT2D eigenvalue weighted by Crippen LogP contribution is -2.48. The molecule has 1 fully saturated rings. The fourth-order valence-electron chi connectivity index (χ4n) is 3.63. The van der Waals surface area contributed by atoms with E-state index in [1.807, 2.05) is 42.5 Å². The highest BCUT2D eigenvalue weighted by Crippen LogP contribution is 2.21. The number of amides is 1. The lowest BCUT2D eigenvalue weighted by Gasteiger charge is -2.35. The highest BCUT2D eigenvalue weighted by molar-refractivity contribution is 5.95. The van der Waals surface area contributed by atoms with Gasteiger partial charge in [-0.05, 0) is 47.2 Å². The predicted octanol–water partition coefficient (Wildman–Crippen LogP) is 3.61. The van der Waals surface area contributed by atoms with Crippen LogP contribution in [-0.2, 0) is 4.79 Å². The molecule has 5 nitrogen and oxygen atoms in total. The number of fused-ring (bicyclic) bond motifs is 1. The van der Waals surface area contributed by atoms with Crippen LogP contribution >= 0.6 is 0 Å². The molecule has 0 spiro atoms. The monoisotopic (exact) mass is 375 g/mol. The number of ether oxygens (including phenoxy) is 1. The first kappa shape index (κ1) is 18.3. The molecule has 144 valence electrons. The Balaban J connectivity index is 1.29. The number of anilines is 2. The molecule has 3 aromatic rings. The lowest BCUT2D eigenvalue weighted by atomic mass is 10.1. The van der Waals surface area contributed by atoms with Crippen LogP contribution in [0, 0.1) is 0 Å². The summed E-state index contributed by atoms with van der Waals surface area (Å²) in [6.07, 6.45) is 0. The minimum Gasteiger partial charge on any atom is -0.497 e. The molecule has 0 aliphatic carbocycles. The zero-order chi connectivity index (χ0) is 19.3. The van der Waals surface area contributed by atoms with Crippen molar-refractivity contribution in [3.05, 3.63) is 66.7 Å². The van der Waals surface area contributed by atoms with Crippen LogP contribution in [-0.4, -0.2) is 50.6 Å². The summed E-state index contributed by atoms with van der Waals surface area (Å²) in [5, 5.41) is 5.34. The Bertz CT molecular complexity index is 947. The number of methoxy groups -OCH3 is 1. The Labute approximate surface area is 165 Å². The topological polar surface area (TPSA) is 44.8 Å². The second-order valence-electron chi connectivity index (χ2n) is 7.07. The van der Waals surface area contributed by atoms with E-state index in [1.54, 1.807) is 7.11 Å². The fourth-order valence-corrected chi connectivity index (χ4v) is 3.63. The number of hydrogen-bond donors (Lipinski definition) is 1. The lowest BCUT2D eigenvalue weighted by molar-refractivity contribution is -0.117. The van der Waals surface area contributed by atoms with E-state index in [0.717, 1.165) is 43.0 Å². The van der Waals surface area contributed by atoms with Crippen molar-refractivity contribution in [2.75, 3.05) is 50.1 Å². The van der Waals surface area contributed by atoms with Crippen LogP contribution in [0.2, 0.25) is 0 Å². The number of carbonyl (C=O) groups is 1. The Morgan fingerprint density at radius 3 is 2.36 bits per heavy atom. The molecule has 0 radical (unpaired) electrons. The van der Waals surface area contributed by atoms with Crippen molar-refractivity contribution in [3.8, 4) is 5.75 Å². The van der Waals surface area contributed by atoms with E-state index in [-0.39, 0.29) is 5.91 Å². The number of benzene rings is 3. The van der Waals surface area contributed by atoms with Gasteiger partial charge in [0.25, 0.3) is 0 Å². The van der Waals surface area contributed by atoms with Crippen molar-refractivity contribution < 1.29 is 9.53 Å². The summed E-state index contributed by atoms with van der Waals surface area (Å²) in [4.78, 5) is 17.0. The molecule has 4 rings (SSSR count). The molecular formula is C23H25N3O2. The summed E-state index contributed by atoms with van der Waals surface area (Å²) in [5.74, 6) is 0.904. The van der Waals surface area contributed by atoms with Gasteiger partial charge in [-0.3, -0.25) is 9.69 Å². The van der Waals surface area contributed by atoms with E-state index in [2.05, 4.69) is 39.4 Å². The molecule has 3 aromatic carbocycles. The van der Waals surface area contributed by atoms with E-state index in [0.29, 0.717) is 6.54 Å². The smallest absolute Gasteiger partial charge is 0.238 e. The molecule has 0 bridgehead atoms. The van der Waals surface area contributed by atoms with Gasteiger partial charge in [0.2, 0.25) is 5.91 Å². The molecule has 0 aromatic heterocycles. The minimum absolute atomic E-state index is 0.0354. The Kier molecular flexibility index (Phi) is 5.44. The van der Waals surface area contributed by atoms with Crippen LogP contribution < -0.4 is 15.0 Å². The van der Waals surface area contributed by atoms with E-state index < -0.39 is 0 Å². The fraction of sp³-hybridized carbons (Fsp3) is 0.261. The highest BCUT2D eigenvalue weighted by Gasteiger charge is 2.19. The third-order valence-electron chi connectivity index (χ3n) is 5.21. The third-order valence-corrected chi connectivity index (χ3v) is 5.21. The van der Waals surface area contributed by atoms with Crippen molar-refractivity contribution >= 4 is 28.1 Å². The van der Waals surface area contributed by atoms with Gasteiger partial charge in [-0.25, -0.2) is 0 Å². The molecule has 1 saturated heterocycles. The Hall–Kier alpha value is -3.05. The zero-order valence-electron chi connectivity index (χ0n) is 16.1. The van der Waals surface area contributed by atoms with Gasteiger partial charge < -0.3 is 15.0 Å². The molecular weight excluding hydrogens is 350 g/mol. The zero-order valence-corrected chi connectivity index (χ0v) is 16.1. The first-order chi connectivity index (χ1) is 13.7. The third kappa shape index (κ3) is 4.26. The Morgan fingerprint density at radius 1 is 0.929 bits per heavy atom. The summed E-state index contributed by atoms with van der Waals surface area (Å²) >= 11 is 0. The molecule has 0 unspecified atom stereocenters. The molecule has 1 N–H and O–H groups in total. The van der Waals surface area contributed by atoms with Crippen molar-refractivity contribution in [3.63, 3.8) is 0 Å². The van der Waals surface area contributed by atoms with E-state index >= 15 is 0 Å². The van der Waals surface area contributed by atoms with E-state index in [9.17, 15) is 4.79 Å². The number of rotatable bonds is 5. The summed E-state index contributed by atoms with van der Waals surface area (Å²) in [5.41, 5.74) is 2.04. The Morgan fingerprint density at radius 2 is 1.64 bits per heavy atom. The van der Waals surface area contributed by atoms with E-state index in [4.69, 9.17) is 4.74 Å². The van der Waals surface area contributed by atoms with E-state index in [1.165, 1.54) is 11.1 Å². The van der Waals surface area contributed by atoms with Gasteiger partial charge in [0, 0.05) is 37.6 Å². The number of nitrogens with one attached hydrogen (secondary N) is 1. The average Bonchev–Trinajstić information content (AvgIpc) is 2.74. The van der Waals surface area contributed by atoms with Gasteiger partial charge in [-0.2, -0.15) is 0 Å². The number of hydrogen-bond acceptors (Lipinski definition) is 4. The van der Waals surface area contributed by atoms with Crippen LogP contribution in [0.5, 0.6) is 5.75 Å². The molecule has 1 aliphatic heterocycles. The van der Waals surface area contributed by atoms with Gasteiger partial charge in [0.05, 0.1) is 13.7 Å². The summed E-state index contributed by atoms with van der Waals surface area (Å²) in [6, 6.07) is 22.3. The normalized spacial score (nSPS) is 14.8. The van der Waals surface area contributed by atoms with Crippen molar-refractivity contribution in [1.82, 2.24) is 4.90 Å². The van der Waals surface area contributed by atoms with Gasteiger partial charge in [-0.15, -0.1) is 0 Å². The van der Waals surface area contributed by atoms with Gasteiger partial charge >= 0.3 is 0 Å². The maximum absolute atomic E-state index is 12.5. The SMILES string of the molecule is COc1ccc(N2CCN(CC(=O)Nc3ccc4ccccc4c3)CC2)cc1. The van der Waals surface area contributed by atoms with Gasteiger partial charge in [-0.1, -0.05) is 30.3 Å². The van der Waals surface area contributed by atoms with Crippen LogP contribution in [0.1, 0.15) is 0 Å². The standard InChI is InChI=1S/C23H25N3O2/c1-28-22-10-8-21(9-11-22)26-14-12-25(13-15-26)17-23(27)24-20-7-6-18-4-2-3-5-19(18)16-20/h2-11,16H,12-15,17H2,1H3,(H,24,27). The van der Waals surface area contributed by atoms with Gasteiger partial charge in [0.15, 0.2) is 0 Å². The van der Waals surface area contributed by atoms with Crippen LogP contribution in [0.15, 0.2) is 66.7 Å². The number of carbonyl (C=O) groups excluding carboxylic acids is 1. The maximum Gasteiger partial charge on any atom is 0.238 e. The molecule has 5 heteroatoms. The first-order valence-electron chi connectivity index (χ1n) is 9.61. The maximum atomic E-state index is 12.5. The summed E-state index contributed by atoms with van der Waals surface area (Å²) < 4.78 is 5.22. The van der Waals surface area contributed by atoms with Crippen LogP contribution in [0.25, 0.3) is 10.8 Å². The molecule has 1 heterocycles. The molecule has 28 heavy (non-hydrogen) atoms.